The molecule has 1 N–H and O–H groups in total. The molecule has 0 radical (unpaired) electrons. The van der Waals surface area contributed by atoms with Crippen molar-refractivity contribution in [2.45, 2.75) is 12.8 Å². The van der Waals surface area contributed by atoms with Gasteiger partial charge in [0.05, 0.1) is 11.9 Å². The number of nitrogens with zero attached hydrogens (tertiary/aromatic N) is 3. The number of piperazine rings is 1. The van der Waals surface area contributed by atoms with Crippen LogP contribution in [0.15, 0.2) is 24.5 Å². The van der Waals surface area contributed by atoms with Crippen molar-refractivity contribution in [3.63, 3.8) is 0 Å². The number of aromatic nitrogens is 1. The molecule has 4 nitrogen and oxygen atoms in total. The molecular weight excluding hydrogens is 236 g/mol. The van der Waals surface area contributed by atoms with Crippen LogP contribution in [0.1, 0.15) is 12.8 Å². The van der Waals surface area contributed by atoms with Crippen LogP contribution in [0.4, 0.5) is 5.69 Å². The van der Waals surface area contributed by atoms with Gasteiger partial charge in [-0.05, 0) is 44.0 Å². The smallest absolute Gasteiger partial charge is 0.0553 e. The summed E-state index contributed by atoms with van der Waals surface area (Å²) in [6, 6.07) is 4.18. The van der Waals surface area contributed by atoms with Gasteiger partial charge in [0.15, 0.2) is 0 Å². The second kappa shape index (κ2) is 6.35. The third kappa shape index (κ3) is 3.45. The molecule has 4 heteroatoms. The molecular formula is C15H24N4. The zero-order valence-electron chi connectivity index (χ0n) is 11.6. The number of anilines is 1. The lowest BCUT2D eigenvalue weighted by atomic mass is 9.99. The molecule has 2 fully saturated rings. The average Bonchev–Trinajstić information content (AvgIpc) is 2.50. The minimum atomic E-state index is 0.860. The monoisotopic (exact) mass is 260 g/mol. The Morgan fingerprint density at radius 3 is 2.84 bits per heavy atom. The van der Waals surface area contributed by atoms with Crippen molar-refractivity contribution in [2.24, 2.45) is 5.92 Å². The van der Waals surface area contributed by atoms with E-state index < -0.39 is 0 Å². The fraction of sp³-hybridized carbons (Fsp3) is 0.667. The van der Waals surface area contributed by atoms with Crippen LogP contribution >= 0.6 is 0 Å². The van der Waals surface area contributed by atoms with Crippen LogP contribution in [0.3, 0.4) is 0 Å². The van der Waals surface area contributed by atoms with Crippen LogP contribution in [-0.2, 0) is 0 Å². The maximum atomic E-state index is 4.21. The number of pyridine rings is 1. The normalized spacial score (nSPS) is 25.5. The van der Waals surface area contributed by atoms with Crippen LogP contribution in [-0.4, -0.2) is 55.7 Å². The Morgan fingerprint density at radius 2 is 2.16 bits per heavy atom. The summed E-state index contributed by atoms with van der Waals surface area (Å²) in [6.07, 6.45) is 6.56. The Labute approximate surface area is 115 Å². The van der Waals surface area contributed by atoms with Crippen molar-refractivity contribution in [2.75, 3.05) is 50.7 Å². The molecule has 0 amide bonds. The standard InChI is InChI=1S/C15H24N4/c1-3-14(11-16-5-1)13-18-7-9-19(10-8-18)15-4-2-6-17-12-15/h2,4,6,12,14,16H,1,3,5,7-11,13H2/t14-/m1/s1. The van der Waals surface area contributed by atoms with Gasteiger partial charge in [0.25, 0.3) is 0 Å². The molecule has 0 spiro atoms. The first kappa shape index (κ1) is 12.9. The quantitative estimate of drug-likeness (QED) is 0.885. The van der Waals surface area contributed by atoms with Crippen molar-refractivity contribution < 1.29 is 0 Å². The number of piperidine rings is 1. The van der Waals surface area contributed by atoms with Gasteiger partial charge in [-0.1, -0.05) is 0 Å². The van der Waals surface area contributed by atoms with Crippen LogP contribution in [0.2, 0.25) is 0 Å². The van der Waals surface area contributed by atoms with E-state index in [4.69, 9.17) is 0 Å². The summed E-state index contributed by atoms with van der Waals surface area (Å²) in [7, 11) is 0. The minimum absolute atomic E-state index is 0.860. The van der Waals surface area contributed by atoms with Crippen LogP contribution in [0.25, 0.3) is 0 Å². The highest BCUT2D eigenvalue weighted by Crippen LogP contribution is 2.17. The molecule has 3 heterocycles. The van der Waals surface area contributed by atoms with Gasteiger partial charge in [-0.2, -0.15) is 0 Å². The van der Waals surface area contributed by atoms with Crippen molar-refractivity contribution in [3.8, 4) is 0 Å². The van der Waals surface area contributed by atoms with E-state index in [2.05, 4.69) is 26.2 Å². The molecule has 0 aliphatic carbocycles. The zero-order chi connectivity index (χ0) is 12.9. The van der Waals surface area contributed by atoms with Crippen molar-refractivity contribution in [1.82, 2.24) is 15.2 Å². The Morgan fingerprint density at radius 1 is 1.26 bits per heavy atom. The van der Waals surface area contributed by atoms with Gasteiger partial charge < -0.3 is 10.2 Å². The predicted octanol–water partition coefficient (Wildman–Crippen LogP) is 1.20. The summed E-state index contributed by atoms with van der Waals surface area (Å²) < 4.78 is 0. The van der Waals surface area contributed by atoms with Gasteiger partial charge in [-0.25, -0.2) is 0 Å². The highest BCUT2D eigenvalue weighted by atomic mass is 15.3. The number of hydrogen-bond acceptors (Lipinski definition) is 4. The molecule has 1 atom stereocenters. The predicted molar refractivity (Wildman–Crippen MR) is 78.5 cm³/mol. The highest BCUT2D eigenvalue weighted by molar-refractivity contribution is 5.43. The zero-order valence-corrected chi connectivity index (χ0v) is 11.6. The molecule has 2 aliphatic heterocycles. The molecule has 0 saturated carbocycles. The van der Waals surface area contributed by atoms with E-state index in [1.165, 1.54) is 51.3 Å². The Bertz CT molecular complexity index is 367. The first-order valence-electron chi connectivity index (χ1n) is 7.50. The fourth-order valence-electron chi connectivity index (χ4n) is 3.17. The largest absolute Gasteiger partial charge is 0.368 e. The molecule has 0 aromatic carbocycles. The van der Waals surface area contributed by atoms with E-state index in [0.29, 0.717) is 0 Å². The molecule has 1 aromatic heterocycles. The number of hydrogen-bond donors (Lipinski definition) is 1. The second-order valence-corrected chi connectivity index (χ2v) is 5.71. The van der Waals surface area contributed by atoms with Gasteiger partial charge >= 0.3 is 0 Å². The lowest BCUT2D eigenvalue weighted by Gasteiger charge is -2.38. The first-order chi connectivity index (χ1) is 9.42. The Balaban J connectivity index is 1.46. The van der Waals surface area contributed by atoms with E-state index in [9.17, 15) is 0 Å². The summed E-state index contributed by atoms with van der Waals surface area (Å²) in [5.41, 5.74) is 1.27. The lowest BCUT2D eigenvalue weighted by molar-refractivity contribution is 0.199. The number of rotatable bonds is 3. The first-order valence-corrected chi connectivity index (χ1v) is 7.50. The summed E-state index contributed by atoms with van der Waals surface area (Å²) in [5.74, 6) is 0.860. The van der Waals surface area contributed by atoms with Crippen LogP contribution < -0.4 is 10.2 Å². The van der Waals surface area contributed by atoms with E-state index >= 15 is 0 Å². The number of nitrogens with one attached hydrogen (secondary N) is 1. The van der Waals surface area contributed by atoms with Crippen molar-refractivity contribution >= 4 is 5.69 Å². The van der Waals surface area contributed by atoms with Gasteiger partial charge in [-0.3, -0.25) is 9.88 Å². The lowest BCUT2D eigenvalue weighted by Crippen LogP contribution is -2.49. The third-order valence-electron chi connectivity index (χ3n) is 4.30. The molecule has 1 aromatic rings. The molecule has 0 unspecified atom stereocenters. The molecule has 3 rings (SSSR count). The summed E-state index contributed by atoms with van der Waals surface area (Å²) >= 11 is 0. The Kier molecular flexibility index (Phi) is 4.30. The minimum Gasteiger partial charge on any atom is -0.368 e. The van der Waals surface area contributed by atoms with Crippen LogP contribution in [0.5, 0.6) is 0 Å². The second-order valence-electron chi connectivity index (χ2n) is 5.71. The molecule has 104 valence electrons. The summed E-state index contributed by atoms with van der Waals surface area (Å²) in [6.45, 7) is 8.33. The molecule has 0 bridgehead atoms. The average molecular weight is 260 g/mol. The van der Waals surface area contributed by atoms with E-state index in [-0.39, 0.29) is 0 Å². The SMILES string of the molecule is c1cncc(N2CCN(C[C@@H]3CCCNC3)CC2)c1. The van der Waals surface area contributed by atoms with E-state index in [1.807, 2.05) is 18.5 Å². The fourth-order valence-corrected chi connectivity index (χ4v) is 3.17. The van der Waals surface area contributed by atoms with Crippen molar-refractivity contribution in [1.29, 1.82) is 0 Å². The maximum absolute atomic E-state index is 4.21. The third-order valence-corrected chi connectivity index (χ3v) is 4.30. The van der Waals surface area contributed by atoms with Gasteiger partial charge in [0.1, 0.15) is 0 Å². The summed E-state index contributed by atoms with van der Waals surface area (Å²) in [4.78, 5) is 9.29. The van der Waals surface area contributed by atoms with Gasteiger partial charge in [0, 0.05) is 38.9 Å². The van der Waals surface area contributed by atoms with Gasteiger partial charge in [0.2, 0.25) is 0 Å². The molecule has 2 saturated heterocycles. The molecule has 19 heavy (non-hydrogen) atoms. The van der Waals surface area contributed by atoms with Crippen LogP contribution in [0, 0.1) is 5.92 Å². The van der Waals surface area contributed by atoms with Gasteiger partial charge in [-0.15, -0.1) is 0 Å². The van der Waals surface area contributed by atoms with E-state index in [1.54, 1.807) is 0 Å². The van der Waals surface area contributed by atoms with Crippen molar-refractivity contribution in [3.05, 3.63) is 24.5 Å². The maximum Gasteiger partial charge on any atom is 0.0553 e. The molecule has 2 aliphatic rings. The Hall–Kier alpha value is -1.13. The topological polar surface area (TPSA) is 31.4 Å². The highest BCUT2D eigenvalue weighted by Gasteiger charge is 2.21. The van der Waals surface area contributed by atoms with E-state index in [0.717, 1.165) is 19.0 Å². The summed E-state index contributed by atoms with van der Waals surface area (Å²) in [5, 5.41) is 3.51.